The van der Waals surface area contributed by atoms with Crippen molar-refractivity contribution >= 4 is 23.8 Å². The maximum Gasteiger partial charge on any atom is 0.309 e. The molecule has 0 aromatic carbocycles. The van der Waals surface area contributed by atoms with Gasteiger partial charge in [0.15, 0.2) is 0 Å². The first kappa shape index (κ1) is 15.9. The lowest BCUT2D eigenvalue weighted by molar-refractivity contribution is -0.159. The van der Waals surface area contributed by atoms with Gasteiger partial charge < -0.3 is 26.2 Å². The van der Waals surface area contributed by atoms with Crippen LogP contribution in [0.15, 0.2) is 0 Å². The van der Waals surface area contributed by atoms with Crippen molar-refractivity contribution in [2.45, 2.75) is 6.42 Å². The minimum absolute atomic E-state index is 0.0723. The SMILES string of the molecule is NCC(=O)NCC(=O)N1CCC(C(=O)O)C(C(=O)O)C1. The van der Waals surface area contributed by atoms with Crippen molar-refractivity contribution in [2.75, 3.05) is 26.2 Å². The number of likely N-dealkylation sites (tertiary alicyclic amines) is 1. The van der Waals surface area contributed by atoms with Crippen LogP contribution in [0.5, 0.6) is 0 Å². The van der Waals surface area contributed by atoms with Crippen molar-refractivity contribution < 1.29 is 29.4 Å². The van der Waals surface area contributed by atoms with Crippen LogP contribution in [0.1, 0.15) is 6.42 Å². The van der Waals surface area contributed by atoms with Gasteiger partial charge in [0.05, 0.1) is 24.9 Å². The Morgan fingerprint density at radius 3 is 2.25 bits per heavy atom. The number of aliphatic carboxylic acids is 2. The summed E-state index contributed by atoms with van der Waals surface area (Å²) < 4.78 is 0. The number of carboxylic acids is 2. The van der Waals surface area contributed by atoms with E-state index in [0.717, 1.165) is 0 Å². The van der Waals surface area contributed by atoms with Crippen LogP contribution in [0.2, 0.25) is 0 Å². The highest BCUT2D eigenvalue weighted by atomic mass is 16.4. The zero-order valence-electron chi connectivity index (χ0n) is 10.7. The van der Waals surface area contributed by atoms with E-state index >= 15 is 0 Å². The first-order chi connectivity index (χ1) is 9.36. The van der Waals surface area contributed by atoms with E-state index in [9.17, 15) is 19.2 Å². The highest BCUT2D eigenvalue weighted by Gasteiger charge is 2.39. The van der Waals surface area contributed by atoms with Gasteiger partial charge >= 0.3 is 11.9 Å². The number of nitrogens with two attached hydrogens (primary N) is 1. The highest BCUT2D eigenvalue weighted by Crippen LogP contribution is 2.24. The third kappa shape index (κ3) is 3.92. The molecule has 1 aliphatic heterocycles. The molecule has 1 rings (SSSR count). The maximum atomic E-state index is 11.8. The Kier molecular flexibility index (Phi) is 5.44. The molecule has 5 N–H and O–H groups in total. The molecule has 2 amide bonds. The fraction of sp³-hybridized carbons (Fsp3) is 0.636. The molecule has 0 saturated carbocycles. The van der Waals surface area contributed by atoms with Crippen molar-refractivity contribution in [3.63, 3.8) is 0 Å². The first-order valence-corrected chi connectivity index (χ1v) is 6.07. The average molecular weight is 287 g/mol. The van der Waals surface area contributed by atoms with Gasteiger partial charge in [0.1, 0.15) is 0 Å². The Hall–Kier alpha value is -2.16. The van der Waals surface area contributed by atoms with Crippen LogP contribution in [-0.4, -0.2) is 65.0 Å². The van der Waals surface area contributed by atoms with E-state index in [2.05, 4.69) is 5.32 Å². The molecule has 9 nitrogen and oxygen atoms in total. The van der Waals surface area contributed by atoms with E-state index in [1.165, 1.54) is 4.90 Å². The summed E-state index contributed by atoms with van der Waals surface area (Å²) in [5.74, 6) is -5.53. The van der Waals surface area contributed by atoms with E-state index in [-0.39, 0.29) is 32.6 Å². The third-order valence-electron chi connectivity index (χ3n) is 3.22. The normalized spacial score (nSPS) is 22.1. The molecule has 1 saturated heterocycles. The smallest absolute Gasteiger partial charge is 0.309 e. The van der Waals surface area contributed by atoms with Gasteiger partial charge in [-0.1, -0.05) is 0 Å². The van der Waals surface area contributed by atoms with E-state index < -0.39 is 35.6 Å². The lowest BCUT2D eigenvalue weighted by atomic mass is 9.85. The van der Waals surface area contributed by atoms with Crippen LogP contribution in [0.4, 0.5) is 0 Å². The molecule has 0 radical (unpaired) electrons. The lowest BCUT2D eigenvalue weighted by Gasteiger charge is -2.34. The van der Waals surface area contributed by atoms with Crippen molar-refractivity contribution in [2.24, 2.45) is 17.6 Å². The quantitative estimate of drug-likeness (QED) is 0.444. The number of carboxylic acid groups (broad SMARTS) is 2. The highest BCUT2D eigenvalue weighted by molar-refractivity contribution is 5.86. The molecule has 1 fully saturated rings. The molecule has 0 aromatic rings. The molecule has 0 aliphatic carbocycles. The first-order valence-electron chi connectivity index (χ1n) is 6.07. The summed E-state index contributed by atoms with van der Waals surface area (Å²) >= 11 is 0. The van der Waals surface area contributed by atoms with Crippen molar-refractivity contribution in [1.82, 2.24) is 10.2 Å². The number of hydrogen-bond acceptors (Lipinski definition) is 5. The summed E-state index contributed by atoms with van der Waals surface area (Å²) in [6.45, 7) is -0.548. The summed E-state index contributed by atoms with van der Waals surface area (Å²) in [4.78, 5) is 46.0. The fourth-order valence-electron chi connectivity index (χ4n) is 2.08. The number of piperidine rings is 1. The number of carbonyl (C=O) groups excluding carboxylic acids is 2. The topological polar surface area (TPSA) is 150 Å². The van der Waals surface area contributed by atoms with Gasteiger partial charge in [0, 0.05) is 13.1 Å². The summed E-state index contributed by atoms with van der Waals surface area (Å²) in [5.41, 5.74) is 5.07. The molecule has 0 spiro atoms. The Morgan fingerprint density at radius 2 is 1.75 bits per heavy atom. The average Bonchev–Trinajstić information content (AvgIpc) is 2.43. The van der Waals surface area contributed by atoms with Gasteiger partial charge in [-0.05, 0) is 6.42 Å². The second kappa shape index (κ2) is 6.85. The van der Waals surface area contributed by atoms with Gasteiger partial charge in [0.2, 0.25) is 11.8 Å². The lowest BCUT2D eigenvalue weighted by Crippen LogP contribution is -2.51. The zero-order chi connectivity index (χ0) is 15.3. The van der Waals surface area contributed by atoms with Crippen LogP contribution in [0, 0.1) is 11.8 Å². The number of carbonyl (C=O) groups is 4. The predicted molar refractivity (Wildman–Crippen MR) is 65.5 cm³/mol. The summed E-state index contributed by atoms with van der Waals surface area (Å²) in [6, 6.07) is 0. The second-order valence-electron chi connectivity index (χ2n) is 4.50. The Bertz CT molecular complexity index is 424. The van der Waals surface area contributed by atoms with Gasteiger partial charge in [-0.3, -0.25) is 19.2 Å². The van der Waals surface area contributed by atoms with Crippen LogP contribution in [0.25, 0.3) is 0 Å². The van der Waals surface area contributed by atoms with Crippen molar-refractivity contribution in [3.05, 3.63) is 0 Å². The Morgan fingerprint density at radius 1 is 1.15 bits per heavy atom. The van der Waals surface area contributed by atoms with E-state index in [4.69, 9.17) is 15.9 Å². The minimum Gasteiger partial charge on any atom is -0.481 e. The molecule has 1 heterocycles. The molecule has 20 heavy (non-hydrogen) atoms. The molecule has 2 atom stereocenters. The summed E-state index contributed by atoms with van der Waals surface area (Å²) in [5, 5.41) is 20.3. The van der Waals surface area contributed by atoms with Crippen LogP contribution in [0.3, 0.4) is 0 Å². The van der Waals surface area contributed by atoms with Gasteiger partial charge in [0.25, 0.3) is 0 Å². The molecule has 2 unspecified atom stereocenters. The second-order valence-corrected chi connectivity index (χ2v) is 4.50. The van der Waals surface area contributed by atoms with Crippen LogP contribution >= 0.6 is 0 Å². The van der Waals surface area contributed by atoms with Crippen molar-refractivity contribution in [1.29, 1.82) is 0 Å². The number of nitrogens with one attached hydrogen (secondary N) is 1. The van der Waals surface area contributed by atoms with Crippen LogP contribution < -0.4 is 11.1 Å². The molecular formula is C11H17N3O6. The number of hydrogen-bond donors (Lipinski definition) is 4. The van der Waals surface area contributed by atoms with Crippen molar-refractivity contribution in [3.8, 4) is 0 Å². The van der Waals surface area contributed by atoms with E-state index in [0.29, 0.717) is 0 Å². The largest absolute Gasteiger partial charge is 0.481 e. The standard InChI is InChI=1S/C11H17N3O6/c12-3-8(15)13-4-9(16)14-2-1-6(10(17)18)7(5-14)11(19)20/h6-7H,1-5,12H2,(H,13,15)(H,17,18)(H,19,20). The molecule has 9 heteroatoms. The zero-order valence-corrected chi connectivity index (χ0v) is 10.7. The molecule has 0 aromatic heterocycles. The third-order valence-corrected chi connectivity index (χ3v) is 3.22. The summed E-state index contributed by atoms with van der Waals surface area (Å²) in [6.07, 6.45) is 0.0723. The monoisotopic (exact) mass is 287 g/mol. The maximum absolute atomic E-state index is 11.8. The van der Waals surface area contributed by atoms with Crippen LogP contribution in [-0.2, 0) is 19.2 Å². The number of nitrogens with zero attached hydrogens (tertiary/aromatic N) is 1. The molecule has 112 valence electrons. The summed E-state index contributed by atoms with van der Waals surface area (Å²) in [7, 11) is 0. The fourth-order valence-corrected chi connectivity index (χ4v) is 2.08. The Balaban J connectivity index is 2.62. The predicted octanol–water partition coefficient (Wildman–Crippen LogP) is -2.30. The van der Waals surface area contributed by atoms with E-state index in [1.54, 1.807) is 0 Å². The molecular weight excluding hydrogens is 270 g/mol. The van der Waals surface area contributed by atoms with Gasteiger partial charge in [-0.25, -0.2) is 0 Å². The van der Waals surface area contributed by atoms with Gasteiger partial charge in [-0.15, -0.1) is 0 Å². The molecule has 0 bridgehead atoms. The Labute approximate surface area is 114 Å². The molecule has 1 aliphatic rings. The number of amides is 2. The number of rotatable bonds is 5. The minimum atomic E-state index is -1.25. The van der Waals surface area contributed by atoms with Gasteiger partial charge in [-0.2, -0.15) is 0 Å². The van der Waals surface area contributed by atoms with E-state index in [1.807, 2.05) is 0 Å².